The lowest BCUT2D eigenvalue weighted by atomic mass is 9.80. The Kier molecular flexibility index (Phi) is 35.2. The number of aryl methyl sites for hydroxylation is 1. The third-order valence-electron chi connectivity index (χ3n) is 15.4. The highest BCUT2D eigenvalue weighted by Gasteiger charge is 2.40. The topological polar surface area (TPSA) is 456 Å². The Labute approximate surface area is 494 Å². The van der Waals surface area contributed by atoms with Gasteiger partial charge in [-0.2, -0.15) is 0 Å². The van der Waals surface area contributed by atoms with Crippen molar-refractivity contribution in [2.24, 2.45) is 0 Å². The maximum Gasteiger partial charge on any atom is 0.303 e. The number of aromatic nitrogens is 1. The molecule has 27 heteroatoms. The zero-order valence-corrected chi connectivity index (χ0v) is 48.8. The molecule has 0 saturated heterocycles. The molecule has 0 aliphatic heterocycles. The van der Waals surface area contributed by atoms with E-state index in [2.05, 4.69) is 28.2 Å². The standard InChI is InChI=1S/C58H89N5O22/c1-2-3-4-5-6-7-8-9-10-11-38-63-39-24-41(25-40-63)54(85)62-58(26-12-42(64)59-55(29-15-45(67)68,30-16-46(69)70)31-17-47(71)72,27-13-43(65)60-56(32-18-48(73)74,33-19-49(75)76)34-20-50(77)78)28-14-44(66)61-57(35-21-51(79)80,36-22-52(81)82)37-23-53(83)84/h24-25,39-40H,2-23,26-38H2,1H3,(H12-,59,60,61,62,64,65,66,67,68,69,70,71,72,73,74,75,76,77,78,79,80,81,82,83,84,85)/p+1. The lowest BCUT2D eigenvalue weighted by Gasteiger charge is -2.39. The average Bonchev–Trinajstić information content (AvgIpc) is 3.35. The Morgan fingerprint density at radius 3 is 0.765 bits per heavy atom. The van der Waals surface area contributed by atoms with Crippen LogP contribution in [0.4, 0.5) is 0 Å². The van der Waals surface area contributed by atoms with Gasteiger partial charge in [0, 0.05) is 118 Å². The highest BCUT2D eigenvalue weighted by atomic mass is 16.4. The molecule has 1 aromatic heterocycles. The van der Waals surface area contributed by atoms with Crippen LogP contribution >= 0.6 is 0 Å². The van der Waals surface area contributed by atoms with Gasteiger partial charge in [-0.1, -0.05) is 58.3 Å². The molecule has 85 heavy (non-hydrogen) atoms. The Balaban J connectivity index is 4.12. The molecule has 0 radical (unpaired) electrons. The summed E-state index contributed by atoms with van der Waals surface area (Å²) in [4.78, 5) is 164. The van der Waals surface area contributed by atoms with E-state index in [0.717, 1.165) is 32.1 Å². The zero-order chi connectivity index (χ0) is 64.1. The van der Waals surface area contributed by atoms with Gasteiger partial charge in [-0.15, -0.1) is 0 Å². The van der Waals surface area contributed by atoms with Crippen molar-refractivity contribution in [1.82, 2.24) is 21.3 Å². The molecular weight excluding hydrogens is 1120 g/mol. The highest BCUT2D eigenvalue weighted by molar-refractivity contribution is 5.94. The molecule has 27 nitrogen and oxygen atoms in total. The van der Waals surface area contributed by atoms with Gasteiger partial charge in [0.05, 0.1) is 5.56 Å². The molecule has 1 heterocycles. The molecule has 0 aromatic carbocycles. The van der Waals surface area contributed by atoms with E-state index in [1.54, 1.807) is 12.4 Å². The van der Waals surface area contributed by atoms with E-state index in [-0.39, 0.29) is 5.56 Å². The van der Waals surface area contributed by atoms with E-state index in [1.165, 1.54) is 44.2 Å². The van der Waals surface area contributed by atoms with Crippen LogP contribution in [-0.4, -0.2) is 145 Å². The molecule has 478 valence electrons. The van der Waals surface area contributed by atoms with Crippen molar-refractivity contribution in [3.8, 4) is 0 Å². The number of unbranched alkanes of at least 4 members (excludes halogenated alkanes) is 9. The van der Waals surface area contributed by atoms with Crippen LogP contribution in [0.2, 0.25) is 0 Å². The van der Waals surface area contributed by atoms with Gasteiger partial charge < -0.3 is 67.2 Å². The second kappa shape index (κ2) is 39.7. The number of hydrogen-bond acceptors (Lipinski definition) is 13. The molecule has 4 amide bonds. The van der Waals surface area contributed by atoms with Gasteiger partial charge in [0.25, 0.3) is 5.91 Å². The molecule has 0 unspecified atom stereocenters. The Bertz CT molecular complexity index is 2060. The van der Waals surface area contributed by atoms with Crippen LogP contribution in [0.5, 0.6) is 0 Å². The van der Waals surface area contributed by atoms with Gasteiger partial charge in [0.1, 0.15) is 6.54 Å². The van der Waals surface area contributed by atoms with E-state index < -0.39 is 254 Å². The van der Waals surface area contributed by atoms with Crippen LogP contribution < -0.4 is 25.8 Å². The summed E-state index contributed by atoms with van der Waals surface area (Å²) in [5, 5.41) is 97.5. The number of nitrogens with one attached hydrogen (secondary N) is 4. The Hall–Kier alpha value is -7.74. The molecule has 0 fully saturated rings. The summed E-state index contributed by atoms with van der Waals surface area (Å²) in [6.45, 7) is 2.77. The molecule has 0 aliphatic rings. The summed E-state index contributed by atoms with van der Waals surface area (Å²) in [6.07, 6.45) is 1.32. The normalized spacial score (nSPS) is 11.7. The van der Waals surface area contributed by atoms with Crippen LogP contribution in [0.3, 0.4) is 0 Å². The fourth-order valence-electron chi connectivity index (χ4n) is 10.4. The number of aliphatic carboxylic acids is 9. The van der Waals surface area contributed by atoms with Crippen LogP contribution in [0.25, 0.3) is 0 Å². The first-order valence-electron chi connectivity index (χ1n) is 29.2. The monoisotopic (exact) mass is 1210 g/mol. The first-order chi connectivity index (χ1) is 40.0. The van der Waals surface area contributed by atoms with Gasteiger partial charge >= 0.3 is 53.7 Å². The molecule has 0 bridgehead atoms. The quantitative estimate of drug-likeness (QED) is 0.0261. The van der Waals surface area contributed by atoms with E-state index in [1.807, 2.05) is 4.57 Å². The fraction of sp³-hybridized carbons (Fsp3) is 0.690. The average molecular weight is 1210 g/mol. The molecular formula is C58H90N5O22+. The minimum absolute atomic E-state index is 0.0436. The van der Waals surface area contributed by atoms with Crippen LogP contribution in [-0.2, 0) is 64.1 Å². The number of amides is 4. The van der Waals surface area contributed by atoms with Gasteiger partial charge in [-0.05, 0) is 83.5 Å². The van der Waals surface area contributed by atoms with E-state index in [4.69, 9.17) is 0 Å². The van der Waals surface area contributed by atoms with Crippen LogP contribution in [0, 0.1) is 0 Å². The molecule has 0 atom stereocenters. The van der Waals surface area contributed by atoms with E-state index in [0.29, 0.717) is 6.54 Å². The van der Waals surface area contributed by atoms with Gasteiger partial charge in [-0.25, -0.2) is 4.57 Å². The molecule has 1 aromatic rings. The smallest absolute Gasteiger partial charge is 0.303 e. The number of carboxylic acids is 9. The maximum atomic E-state index is 14.7. The van der Waals surface area contributed by atoms with Gasteiger partial charge in [0.15, 0.2) is 12.4 Å². The summed E-state index contributed by atoms with van der Waals surface area (Å²) in [5.74, 6) is -15.8. The summed E-state index contributed by atoms with van der Waals surface area (Å²) < 4.78 is 1.86. The lowest BCUT2D eigenvalue weighted by Crippen LogP contribution is -2.54. The third kappa shape index (κ3) is 34.6. The van der Waals surface area contributed by atoms with Crippen LogP contribution in [0.15, 0.2) is 24.5 Å². The number of carboxylic acid groups (broad SMARTS) is 9. The van der Waals surface area contributed by atoms with Crippen molar-refractivity contribution in [3.63, 3.8) is 0 Å². The minimum Gasteiger partial charge on any atom is -0.481 e. The Morgan fingerprint density at radius 2 is 0.529 bits per heavy atom. The number of nitrogens with zero attached hydrogens (tertiary/aromatic N) is 1. The molecule has 1 rings (SSSR count). The van der Waals surface area contributed by atoms with Crippen molar-refractivity contribution in [2.75, 3.05) is 0 Å². The second-order valence-corrected chi connectivity index (χ2v) is 22.3. The number of hydrogen-bond donors (Lipinski definition) is 13. The number of carbonyl (C=O) groups excluding carboxylic acids is 4. The van der Waals surface area contributed by atoms with Crippen molar-refractivity contribution in [3.05, 3.63) is 30.1 Å². The van der Waals surface area contributed by atoms with E-state index >= 15 is 0 Å². The first kappa shape index (κ1) is 75.3. The SMILES string of the molecule is CCCCCCCCCCCC[n+]1ccc(C(=O)NC(CCC(=O)NC(CCC(=O)O)(CCC(=O)O)CCC(=O)O)(CCC(=O)NC(CCC(=O)O)(CCC(=O)O)CCC(=O)O)CCC(=O)NC(CCC(=O)O)(CCC(=O)O)CCC(=O)O)cc1. The number of carbonyl (C=O) groups is 13. The molecule has 0 saturated carbocycles. The van der Waals surface area contributed by atoms with Crippen molar-refractivity contribution in [2.45, 2.75) is 254 Å². The minimum atomic E-state index is -1.89. The summed E-state index contributed by atoms with van der Waals surface area (Å²) in [6, 6.07) is 2.99. The van der Waals surface area contributed by atoms with Gasteiger partial charge in [-0.3, -0.25) is 62.3 Å². The zero-order valence-electron chi connectivity index (χ0n) is 48.8. The number of pyridine rings is 1. The van der Waals surface area contributed by atoms with Gasteiger partial charge in [0.2, 0.25) is 17.7 Å². The predicted octanol–water partition coefficient (Wildman–Crippen LogP) is 6.05. The summed E-state index contributed by atoms with van der Waals surface area (Å²) in [7, 11) is 0. The third-order valence-corrected chi connectivity index (χ3v) is 15.4. The highest BCUT2D eigenvalue weighted by Crippen LogP contribution is 2.33. The largest absolute Gasteiger partial charge is 0.481 e. The lowest BCUT2D eigenvalue weighted by molar-refractivity contribution is -0.697. The molecule has 0 aliphatic carbocycles. The molecule has 13 N–H and O–H groups in total. The fourth-order valence-corrected chi connectivity index (χ4v) is 10.4. The van der Waals surface area contributed by atoms with E-state index in [9.17, 15) is 108 Å². The maximum absolute atomic E-state index is 14.7. The Morgan fingerprint density at radius 1 is 0.318 bits per heavy atom. The second-order valence-electron chi connectivity index (χ2n) is 22.3. The van der Waals surface area contributed by atoms with Crippen LogP contribution in [0.1, 0.15) is 236 Å². The first-order valence-corrected chi connectivity index (χ1v) is 29.2. The number of rotatable bonds is 52. The summed E-state index contributed by atoms with van der Waals surface area (Å²) >= 11 is 0. The van der Waals surface area contributed by atoms with Crippen molar-refractivity contribution >= 4 is 77.4 Å². The van der Waals surface area contributed by atoms with Crippen molar-refractivity contribution < 1.29 is 113 Å². The predicted molar refractivity (Wildman–Crippen MR) is 301 cm³/mol. The summed E-state index contributed by atoms with van der Waals surface area (Å²) in [5.41, 5.74) is -7.05. The molecule has 0 spiro atoms. The van der Waals surface area contributed by atoms with Crippen molar-refractivity contribution in [1.29, 1.82) is 0 Å².